The van der Waals surface area contributed by atoms with Gasteiger partial charge in [0.1, 0.15) is 4.88 Å². The van der Waals surface area contributed by atoms with Crippen molar-refractivity contribution in [3.63, 3.8) is 0 Å². The van der Waals surface area contributed by atoms with Gasteiger partial charge in [-0.3, -0.25) is 15.0 Å². The molecular formula is C8H12N3O2S+. The molecule has 0 unspecified atom stereocenters. The summed E-state index contributed by atoms with van der Waals surface area (Å²) < 4.78 is 0. The molecule has 1 aromatic rings. The summed E-state index contributed by atoms with van der Waals surface area (Å²) in [5, 5.41) is 6.45. The van der Waals surface area contributed by atoms with Crippen LogP contribution in [0.3, 0.4) is 0 Å². The smallest absolute Gasteiger partial charge is 0.287 e. The molecule has 0 aliphatic rings. The molecule has 0 atom stereocenters. The quantitative estimate of drug-likeness (QED) is 0.507. The minimum absolute atomic E-state index is 0.239. The standard InChI is InChI=1S/C8H11N3O2S/c1-11(13-2)8(12)6-3-5(10)7(4-9)14-6/h3-4,9H,10H2,1-2H3/p+1. The molecule has 76 valence electrons. The van der Waals surface area contributed by atoms with E-state index in [0.29, 0.717) is 15.4 Å². The molecule has 1 aromatic heterocycles. The molecule has 1 rings (SSSR count). The number of nitrogens with zero attached hydrogens (tertiary/aromatic N) is 1. The topological polar surface area (TPSA) is 81.2 Å². The van der Waals surface area contributed by atoms with Crippen molar-refractivity contribution in [2.75, 3.05) is 19.9 Å². The van der Waals surface area contributed by atoms with Gasteiger partial charge in [-0.25, -0.2) is 5.06 Å². The lowest BCUT2D eigenvalue weighted by Gasteiger charge is -2.11. The second-order valence-corrected chi connectivity index (χ2v) is 3.67. The number of carbonyl (C=O) groups is 1. The number of amides is 1. The molecule has 0 saturated carbocycles. The number of hydrogen-bond acceptors (Lipinski definition) is 4. The largest absolute Gasteiger partial charge is 0.397 e. The second-order valence-electron chi connectivity index (χ2n) is 2.58. The highest BCUT2D eigenvalue weighted by atomic mass is 32.1. The molecule has 0 saturated heterocycles. The molecule has 1 amide bonds. The summed E-state index contributed by atoms with van der Waals surface area (Å²) in [7, 11) is 2.95. The highest BCUT2D eigenvalue weighted by Crippen LogP contribution is 2.23. The Balaban J connectivity index is 2.96. The lowest BCUT2D eigenvalue weighted by molar-refractivity contribution is -0.104. The van der Waals surface area contributed by atoms with Crippen LogP contribution < -0.4 is 11.1 Å². The predicted molar refractivity (Wildman–Crippen MR) is 54.9 cm³/mol. The summed E-state index contributed by atoms with van der Waals surface area (Å²) in [6.07, 6.45) is 1.38. The van der Waals surface area contributed by atoms with Gasteiger partial charge in [-0.15, -0.1) is 11.3 Å². The van der Waals surface area contributed by atoms with E-state index in [0.717, 1.165) is 5.06 Å². The van der Waals surface area contributed by atoms with Gasteiger partial charge >= 0.3 is 0 Å². The number of carbonyl (C=O) groups excluding carboxylic acids is 1. The van der Waals surface area contributed by atoms with Crippen molar-refractivity contribution in [3.8, 4) is 0 Å². The average molecular weight is 214 g/mol. The Morgan fingerprint density at radius 3 is 2.86 bits per heavy atom. The van der Waals surface area contributed by atoms with E-state index in [9.17, 15) is 4.79 Å². The van der Waals surface area contributed by atoms with E-state index in [2.05, 4.69) is 0 Å². The van der Waals surface area contributed by atoms with Gasteiger partial charge in [0.2, 0.25) is 0 Å². The Labute approximate surface area is 85.5 Å². The predicted octanol–water partition coefficient (Wildman–Crippen LogP) is -0.858. The zero-order valence-corrected chi connectivity index (χ0v) is 8.80. The first-order valence-corrected chi connectivity index (χ1v) is 4.68. The highest BCUT2D eigenvalue weighted by molar-refractivity contribution is 7.16. The van der Waals surface area contributed by atoms with E-state index >= 15 is 0 Å². The van der Waals surface area contributed by atoms with Crippen LogP contribution in [0.4, 0.5) is 5.69 Å². The van der Waals surface area contributed by atoms with Crippen molar-refractivity contribution in [2.45, 2.75) is 0 Å². The van der Waals surface area contributed by atoms with Crippen LogP contribution in [0.25, 0.3) is 0 Å². The summed E-state index contributed by atoms with van der Waals surface area (Å²) in [5.41, 5.74) is 6.12. The molecule has 0 aliphatic carbocycles. The number of nitrogens with two attached hydrogens (primary N) is 2. The second kappa shape index (κ2) is 4.21. The lowest BCUT2D eigenvalue weighted by Crippen LogP contribution is -2.29. The Morgan fingerprint density at radius 1 is 1.79 bits per heavy atom. The summed E-state index contributed by atoms with van der Waals surface area (Å²) >= 11 is 1.23. The number of anilines is 1. The average Bonchev–Trinajstić information content (AvgIpc) is 2.57. The van der Waals surface area contributed by atoms with Gasteiger partial charge in [0.25, 0.3) is 5.91 Å². The van der Waals surface area contributed by atoms with Gasteiger partial charge in [-0.1, -0.05) is 0 Å². The number of nitrogen functional groups attached to an aromatic ring is 1. The van der Waals surface area contributed by atoms with Gasteiger partial charge in [0.15, 0.2) is 6.21 Å². The van der Waals surface area contributed by atoms with Gasteiger partial charge in [0, 0.05) is 7.05 Å². The van der Waals surface area contributed by atoms with Crippen LogP contribution >= 0.6 is 11.3 Å². The zero-order valence-electron chi connectivity index (χ0n) is 7.98. The molecule has 14 heavy (non-hydrogen) atoms. The maximum Gasteiger partial charge on any atom is 0.287 e. The highest BCUT2D eigenvalue weighted by Gasteiger charge is 2.16. The molecule has 0 radical (unpaired) electrons. The monoisotopic (exact) mass is 214 g/mol. The van der Waals surface area contributed by atoms with Crippen LogP contribution in [-0.4, -0.2) is 31.3 Å². The molecule has 5 nitrogen and oxygen atoms in total. The molecule has 0 bridgehead atoms. The first-order valence-electron chi connectivity index (χ1n) is 3.86. The zero-order chi connectivity index (χ0) is 10.7. The van der Waals surface area contributed by atoms with Crippen molar-refractivity contribution >= 4 is 29.1 Å². The molecule has 6 heteroatoms. The molecular weight excluding hydrogens is 202 g/mol. The maximum atomic E-state index is 11.6. The van der Waals surface area contributed by atoms with Gasteiger partial charge in [-0.2, -0.15) is 0 Å². The van der Waals surface area contributed by atoms with Crippen LogP contribution in [0.15, 0.2) is 6.07 Å². The molecule has 4 N–H and O–H groups in total. The number of rotatable bonds is 3. The summed E-state index contributed by atoms with van der Waals surface area (Å²) in [4.78, 5) is 17.5. The van der Waals surface area contributed by atoms with Crippen molar-refractivity contribution in [2.24, 2.45) is 0 Å². The minimum atomic E-state index is -0.239. The Morgan fingerprint density at radius 2 is 2.43 bits per heavy atom. The van der Waals surface area contributed by atoms with Crippen molar-refractivity contribution in [1.29, 1.82) is 0 Å². The van der Waals surface area contributed by atoms with Crippen molar-refractivity contribution in [1.82, 2.24) is 5.06 Å². The fraction of sp³-hybridized carbons (Fsp3) is 0.250. The van der Waals surface area contributed by atoms with Crippen LogP contribution in [0.1, 0.15) is 14.5 Å². The number of thiophene rings is 1. The molecule has 0 spiro atoms. The van der Waals surface area contributed by atoms with Gasteiger partial charge in [-0.05, 0) is 6.07 Å². The Kier molecular flexibility index (Phi) is 3.21. The van der Waals surface area contributed by atoms with Crippen LogP contribution in [0.2, 0.25) is 0 Å². The third-order valence-corrected chi connectivity index (χ3v) is 2.82. The van der Waals surface area contributed by atoms with Gasteiger partial charge in [0.05, 0.1) is 17.7 Å². The van der Waals surface area contributed by atoms with Crippen molar-refractivity contribution < 1.29 is 15.0 Å². The van der Waals surface area contributed by atoms with E-state index in [4.69, 9.17) is 16.0 Å². The fourth-order valence-electron chi connectivity index (χ4n) is 0.893. The van der Waals surface area contributed by atoms with E-state index in [1.54, 1.807) is 6.07 Å². The van der Waals surface area contributed by atoms with Crippen molar-refractivity contribution in [3.05, 3.63) is 15.8 Å². The number of hydroxylamine groups is 2. The van der Waals surface area contributed by atoms with Crippen LogP contribution in [-0.2, 0) is 4.84 Å². The first kappa shape index (κ1) is 10.7. The van der Waals surface area contributed by atoms with E-state index < -0.39 is 0 Å². The normalized spacial score (nSPS) is 9.86. The fourth-order valence-corrected chi connectivity index (χ4v) is 1.78. The molecule has 1 heterocycles. The van der Waals surface area contributed by atoms with E-state index in [-0.39, 0.29) is 5.91 Å². The maximum absolute atomic E-state index is 11.6. The summed E-state index contributed by atoms with van der Waals surface area (Å²) in [5.74, 6) is -0.239. The van der Waals surface area contributed by atoms with Crippen LogP contribution in [0.5, 0.6) is 0 Å². The van der Waals surface area contributed by atoms with E-state index in [1.807, 2.05) is 0 Å². The summed E-state index contributed by atoms with van der Waals surface area (Å²) in [6, 6.07) is 1.58. The molecule has 0 fully saturated rings. The minimum Gasteiger partial charge on any atom is -0.397 e. The Bertz CT molecular complexity index is 361. The lowest BCUT2D eigenvalue weighted by atomic mass is 10.3. The first-order chi connectivity index (χ1) is 6.60. The molecule has 0 aromatic carbocycles. The summed E-state index contributed by atoms with van der Waals surface area (Å²) in [6.45, 7) is 0. The molecule has 0 aliphatic heterocycles. The van der Waals surface area contributed by atoms with Gasteiger partial charge < -0.3 is 5.73 Å². The number of hydrogen-bond donors (Lipinski definition) is 2. The third-order valence-electron chi connectivity index (χ3n) is 1.71. The van der Waals surface area contributed by atoms with Crippen LogP contribution in [0, 0.1) is 0 Å². The van der Waals surface area contributed by atoms with E-state index in [1.165, 1.54) is 31.7 Å². The Hall–Kier alpha value is -1.40. The third kappa shape index (κ3) is 1.91. The SMILES string of the molecule is CON(C)C(=O)c1cc(N)c(C=[NH2+])s1.